The highest BCUT2D eigenvalue weighted by Gasteiger charge is 2.44. The van der Waals surface area contributed by atoms with Crippen molar-refractivity contribution < 1.29 is 39.7 Å². The van der Waals surface area contributed by atoms with Crippen molar-refractivity contribution in [2.24, 2.45) is 0 Å². The minimum atomic E-state index is -4.02. The summed E-state index contributed by atoms with van der Waals surface area (Å²) in [5, 5.41) is 0. The smallest absolute Gasteiger partial charge is 0.374 e. The Bertz CT molecular complexity index is 1530. The van der Waals surface area contributed by atoms with Gasteiger partial charge < -0.3 is 14.1 Å². The van der Waals surface area contributed by atoms with Gasteiger partial charge in [-0.05, 0) is 69.1 Å². The lowest BCUT2D eigenvalue weighted by Crippen LogP contribution is -2.38. The van der Waals surface area contributed by atoms with Gasteiger partial charge in [-0.3, -0.25) is 9.11 Å². The molecule has 1 aromatic heterocycles. The molecule has 0 atom stereocenters. The number of hydrogen-bond acceptors (Lipinski definition) is 7. The molecule has 1 saturated heterocycles. The van der Waals surface area contributed by atoms with Crippen LogP contribution >= 0.6 is 31.9 Å². The highest BCUT2D eigenvalue weighted by molar-refractivity contribution is 9.10. The number of fused-ring (bicyclic) bond motifs is 1. The summed E-state index contributed by atoms with van der Waals surface area (Å²) < 4.78 is 78.9. The number of alkyl halides is 1. The number of rotatable bonds is 13. The summed E-state index contributed by atoms with van der Waals surface area (Å²) in [4.78, 5) is 2.66. The molecule has 2 heterocycles. The molecule has 42 heavy (non-hydrogen) atoms. The fourth-order valence-electron chi connectivity index (χ4n) is 5.54. The average molecular weight is 756 g/mol. The first kappa shape index (κ1) is 33.4. The van der Waals surface area contributed by atoms with Crippen LogP contribution in [0.3, 0.4) is 0 Å². The molecule has 14 heteroatoms. The molecule has 2 aromatic rings. The molecule has 1 aromatic carbocycles. The third-order valence-electron chi connectivity index (χ3n) is 7.77. The van der Waals surface area contributed by atoms with Crippen molar-refractivity contribution >= 4 is 69.3 Å². The number of ether oxygens (including phenoxy) is 1. The Hall–Kier alpha value is -1.45. The number of aryl methyl sites for hydroxylation is 1. The van der Waals surface area contributed by atoms with Crippen LogP contribution < -0.4 is 4.57 Å². The lowest BCUT2D eigenvalue weighted by atomic mass is 9.85. The molecule has 0 bridgehead atoms. The van der Waals surface area contributed by atoms with E-state index in [0.29, 0.717) is 61.5 Å². The van der Waals surface area contributed by atoms with Crippen molar-refractivity contribution in [3.63, 3.8) is 0 Å². The van der Waals surface area contributed by atoms with E-state index in [9.17, 15) is 16.8 Å². The Morgan fingerprint density at radius 1 is 1.10 bits per heavy atom. The minimum Gasteiger partial charge on any atom is -0.471 e. The van der Waals surface area contributed by atoms with Gasteiger partial charge in [-0.25, -0.2) is 0 Å². The molecule has 0 unspecified atom stereocenters. The van der Waals surface area contributed by atoms with Crippen molar-refractivity contribution in [3.8, 4) is 0 Å². The van der Waals surface area contributed by atoms with Gasteiger partial charge in [0.05, 0.1) is 24.1 Å². The number of allylic oxidation sites excluding steroid dienone is 2. The third-order valence-corrected chi connectivity index (χ3v) is 10.8. The van der Waals surface area contributed by atoms with Crippen LogP contribution in [-0.2, 0) is 31.5 Å². The predicted molar refractivity (Wildman–Crippen MR) is 168 cm³/mol. The number of unbranched alkanes of at least 4 members (excludes halogenated alkanes) is 2. The van der Waals surface area contributed by atoms with Gasteiger partial charge in [0.15, 0.2) is 12.4 Å². The van der Waals surface area contributed by atoms with Crippen molar-refractivity contribution in [2.75, 3.05) is 24.6 Å². The van der Waals surface area contributed by atoms with Crippen LogP contribution in [-0.4, -0.2) is 65.9 Å². The van der Waals surface area contributed by atoms with Crippen LogP contribution in [0, 0.1) is 0 Å². The van der Waals surface area contributed by atoms with Crippen molar-refractivity contribution in [1.82, 2.24) is 4.90 Å². The van der Waals surface area contributed by atoms with Gasteiger partial charge in [0.2, 0.25) is 5.58 Å². The van der Waals surface area contributed by atoms with Crippen LogP contribution in [0.15, 0.2) is 44.6 Å². The molecular formula is C28H39Br2N2O8S2+. The zero-order valence-electron chi connectivity index (χ0n) is 23.7. The van der Waals surface area contributed by atoms with Gasteiger partial charge >= 0.3 is 5.89 Å². The average Bonchev–Trinajstić information content (AvgIpc) is 3.41. The molecule has 1 aliphatic heterocycles. The quantitative estimate of drug-likeness (QED) is 0.111. The lowest BCUT2D eigenvalue weighted by molar-refractivity contribution is -0.678. The SMILES string of the molecule is CCC(/C=C1\OC2(CCC(Br)CC2)CN1CCCCS(=O)(=O)O)=C\c1oc2ccc(Br)cc2[n+]1CCCCS(=O)(=O)O. The maximum absolute atomic E-state index is 11.2. The topological polar surface area (TPSA) is 138 Å². The summed E-state index contributed by atoms with van der Waals surface area (Å²) in [6.45, 7) is 3.90. The molecule has 1 aliphatic carbocycles. The molecule has 10 nitrogen and oxygen atoms in total. The summed E-state index contributed by atoms with van der Waals surface area (Å²) in [6, 6.07) is 5.74. The number of aromatic nitrogens is 1. The summed E-state index contributed by atoms with van der Waals surface area (Å²) in [6.07, 6.45) is 10.4. The first-order valence-corrected chi connectivity index (χ1v) is 19.2. The Morgan fingerprint density at radius 3 is 2.40 bits per heavy atom. The number of halogens is 2. The summed E-state index contributed by atoms with van der Waals surface area (Å²) in [7, 11) is -8.01. The second-order valence-corrected chi connectivity index (χ2v) is 16.5. The Morgan fingerprint density at radius 2 is 1.76 bits per heavy atom. The van der Waals surface area contributed by atoms with Gasteiger partial charge in [0.1, 0.15) is 5.60 Å². The molecule has 2 aliphatic rings. The summed E-state index contributed by atoms with van der Waals surface area (Å²) >= 11 is 7.26. The molecule has 4 rings (SSSR count). The van der Waals surface area contributed by atoms with Crippen LogP contribution in [0.4, 0.5) is 0 Å². The standard InChI is InChI=1S/C28H38Br2N2O8S2/c1-2-21(18-27-32(14-4-6-16-42(36,37)38)24-19-23(30)7-8-25(24)39-27)17-26-31(13-3-5-15-41(33,34)35)20-28(40-26)11-9-22(29)10-12-28/h7-8,17-19,22H,2-6,9-16,20H2,1H3,(H-,33,34,35,36,37,38)/p+1. The van der Waals surface area contributed by atoms with Gasteiger partial charge in [0, 0.05) is 34.4 Å². The Labute approximate surface area is 264 Å². The van der Waals surface area contributed by atoms with E-state index in [1.807, 2.05) is 34.9 Å². The highest BCUT2D eigenvalue weighted by Crippen LogP contribution is 2.42. The number of oxazole rings is 1. The number of hydrogen-bond donors (Lipinski definition) is 2. The zero-order valence-corrected chi connectivity index (χ0v) is 28.5. The molecule has 2 fully saturated rings. The van der Waals surface area contributed by atoms with Crippen LogP contribution in [0.5, 0.6) is 0 Å². The van der Waals surface area contributed by atoms with E-state index in [1.165, 1.54) is 0 Å². The maximum Gasteiger partial charge on any atom is 0.374 e. The molecule has 2 N–H and O–H groups in total. The van der Waals surface area contributed by atoms with Crippen LogP contribution in [0.25, 0.3) is 17.2 Å². The van der Waals surface area contributed by atoms with Crippen molar-refractivity contribution in [2.45, 2.75) is 81.7 Å². The minimum absolute atomic E-state index is 0.260. The van der Waals surface area contributed by atoms with Crippen LogP contribution in [0.2, 0.25) is 0 Å². The number of benzene rings is 1. The largest absolute Gasteiger partial charge is 0.471 e. The second-order valence-electron chi connectivity index (χ2n) is 11.1. The first-order valence-electron chi connectivity index (χ1n) is 14.3. The number of nitrogens with zero attached hydrogens (tertiary/aromatic N) is 2. The molecule has 234 valence electrons. The van der Waals surface area contributed by atoms with Crippen LogP contribution in [0.1, 0.15) is 70.6 Å². The summed E-state index contributed by atoms with van der Waals surface area (Å²) in [5.41, 5.74) is 2.26. The van der Waals surface area contributed by atoms with Crippen molar-refractivity contribution in [1.29, 1.82) is 0 Å². The van der Waals surface area contributed by atoms with Gasteiger partial charge in [0.25, 0.3) is 25.8 Å². The third kappa shape index (κ3) is 9.52. The summed E-state index contributed by atoms with van der Waals surface area (Å²) in [5.74, 6) is 0.820. The van der Waals surface area contributed by atoms with E-state index in [1.54, 1.807) is 0 Å². The van der Waals surface area contributed by atoms with E-state index < -0.39 is 20.2 Å². The van der Waals surface area contributed by atoms with E-state index >= 15 is 0 Å². The monoisotopic (exact) mass is 753 g/mol. The second kappa shape index (κ2) is 14.1. The molecule has 1 saturated carbocycles. The fourth-order valence-corrected chi connectivity index (χ4v) is 7.48. The molecule has 1 spiro atoms. The van der Waals surface area contributed by atoms with E-state index in [-0.39, 0.29) is 17.1 Å². The van der Waals surface area contributed by atoms with Gasteiger partial charge in [-0.1, -0.05) is 38.8 Å². The van der Waals surface area contributed by atoms with E-state index in [0.717, 1.165) is 53.7 Å². The fraction of sp³-hybridized carbons (Fsp3) is 0.607. The zero-order chi connectivity index (χ0) is 30.5. The molecular weight excluding hydrogens is 716 g/mol. The Kier molecular flexibility index (Phi) is 11.2. The maximum atomic E-state index is 11.2. The van der Waals surface area contributed by atoms with Crippen molar-refractivity contribution in [3.05, 3.63) is 46.1 Å². The first-order chi connectivity index (χ1) is 19.8. The van der Waals surface area contributed by atoms with Gasteiger partial charge in [-0.15, -0.1) is 0 Å². The van der Waals surface area contributed by atoms with E-state index in [2.05, 4.69) is 43.7 Å². The molecule has 0 radical (unpaired) electrons. The van der Waals surface area contributed by atoms with E-state index in [4.69, 9.17) is 18.3 Å². The highest BCUT2D eigenvalue weighted by atomic mass is 79.9. The predicted octanol–water partition coefficient (Wildman–Crippen LogP) is 5.86. The molecule has 0 amide bonds. The lowest BCUT2D eigenvalue weighted by Gasteiger charge is -2.33. The Balaban J connectivity index is 1.61. The van der Waals surface area contributed by atoms with Gasteiger partial charge in [-0.2, -0.15) is 21.4 Å². The normalized spacial score (nSPS) is 22.9.